The van der Waals surface area contributed by atoms with Gasteiger partial charge in [-0.3, -0.25) is 9.36 Å². The summed E-state index contributed by atoms with van der Waals surface area (Å²) < 4.78 is 4.14. The van der Waals surface area contributed by atoms with Crippen LogP contribution in [0.4, 0.5) is 0 Å². The van der Waals surface area contributed by atoms with Crippen LogP contribution in [0.15, 0.2) is 41.4 Å². The highest BCUT2D eigenvalue weighted by Gasteiger charge is 2.12. The van der Waals surface area contributed by atoms with E-state index in [1.165, 1.54) is 22.5 Å². The second kappa shape index (κ2) is 10.8. The van der Waals surface area contributed by atoms with Crippen molar-refractivity contribution in [1.29, 1.82) is 0 Å². The second-order valence-corrected chi connectivity index (χ2v) is 7.92. The van der Waals surface area contributed by atoms with Crippen molar-refractivity contribution in [2.24, 2.45) is 4.99 Å². The van der Waals surface area contributed by atoms with E-state index in [0.717, 1.165) is 49.9 Å². The van der Waals surface area contributed by atoms with Gasteiger partial charge in [0.1, 0.15) is 0 Å². The molecule has 1 aromatic carbocycles. The molecular weight excluding hydrogens is 386 g/mol. The molecule has 0 aliphatic rings. The van der Waals surface area contributed by atoms with Gasteiger partial charge in [0.2, 0.25) is 0 Å². The van der Waals surface area contributed by atoms with Crippen LogP contribution in [0.2, 0.25) is 0 Å². The number of hydrogen-bond donors (Lipinski definition) is 2. The summed E-state index contributed by atoms with van der Waals surface area (Å²) in [7, 11) is 0. The van der Waals surface area contributed by atoms with Gasteiger partial charge in [-0.25, -0.2) is 4.99 Å². The highest BCUT2D eigenvalue weighted by Crippen LogP contribution is 2.16. The van der Waals surface area contributed by atoms with Crippen molar-refractivity contribution in [3.05, 3.63) is 70.3 Å². The zero-order valence-corrected chi connectivity index (χ0v) is 19.4. The van der Waals surface area contributed by atoms with Gasteiger partial charge in [-0.15, -0.1) is 0 Å². The third kappa shape index (κ3) is 6.20. The Labute approximate surface area is 185 Å². The normalized spacial score (nSPS) is 11.7. The third-order valence-corrected chi connectivity index (χ3v) is 5.39. The monoisotopic (exact) mass is 421 g/mol. The molecule has 3 aromatic rings. The first-order chi connectivity index (χ1) is 15.0. The topological polar surface area (TPSA) is 72.1 Å². The van der Waals surface area contributed by atoms with Crippen LogP contribution in [0, 0.1) is 27.7 Å². The SMILES string of the molecule is CCNC(=NCc1c(C)nn(Cc2ccccc2)c1C)NCCCn1nc(C)cc1C. The average Bonchev–Trinajstić information content (AvgIpc) is 3.21. The number of aryl methyl sites for hydroxylation is 4. The van der Waals surface area contributed by atoms with Gasteiger partial charge < -0.3 is 10.6 Å². The van der Waals surface area contributed by atoms with Crippen molar-refractivity contribution in [1.82, 2.24) is 30.2 Å². The number of aliphatic imine (C=N–C) groups is 1. The van der Waals surface area contributed by atoms with E-state index in [2.05, 4.69) is 83.1 Å². The van der Waals surface area contributed by atoms with Crippen LogP contribution >= 0.6 is 0 Å². The number of rotatable bonds is 9. The summed E-state index contributed by atoms with van der Waals surface area (Å²) in [5, 5.41) is 16.1. The Bertz CT molecular complexity index is 999. The predicted molar refractivity (Wildman–Crippen MR) is 126 cm³/mol. The largest absolute Gasteiger partial charge is 0.357 e. The molecule has 0 saturated heterocycles. The van der Waals surface area contributed by atoms with Gasteiger partial charge in [0.25, 0.3) is 0 Å². The molecule has 0 amide bonds. The Hall–Kier alpha value is -3.09. The first-order valence-electron chi connectivity index (χ1n) is 11.1. The number of guanidine groups is 1. The van der Waals surface area contributed by atoms with Gasteiger partial charge in [-0.2, -0.15) is 10.2 Å². The summed E-state index contributed by atoms with van der Waals surface area (Å²) in [5.74, 6) is 0.838. The lowest BCUT2D eigenvalue weighted by atomic mass is 10.2. The van der Waals surface area contributed by atoms with Gasteiger partial charge >= 0.3 is 0 Å². The van der Waals surface area contributed by atoms with Crippen molar-refractivity contribution in [2.75, 3.05) is 13.1 Å². The molecule has 7 heteroatoms. The first-order valence-corrected chi connectivity index (χ1v) is 11.1. The summed E-state index contributed by atoms with van der Waals surface area (Å²) in [4.78, 5) is 4.81. The van der Waals surface area contributed by atoms with E-state index < -0.39 is 0 Å². The fourth-order valence-electron chi connectivity index (χ4n) is 3.71. The minimum atomic E-state index is 0.610. The molecule has 3 rings (SSSR count). The van der Waals surface area contributed by atoms with E-state index in [0.29, 0.717) is 6.54 Å². The predicted octanol–water partition coefficient (Wildman–Crippen LogP) is 3.51. The lowest BCUT2D eigenvalue weighted by Crippen LogP contribution is -2.38. The molecule has 0 unspecified atom stereocenters. The molecule has 0 fully saturated rings. The Morgan fingerprint density at radius 3 is 2.45 bits per heavy atom. The van der Waals surface area contributed by atoms with Crippen LogP contribution < -0.4 is 10.6 Å². The van der Waals surface area contributed by atoms with E-state index in [-0.39, 0.29) is 0 Å². The minimum absolute atomic E-state index is 0.610. The van der Waals surface area contributed by atoms with Gasteiger partial charge in [-0.1, -0.05) is 30.3 Å². The molecule has 2 N–H and O–H groups in total. The molecule has 0 atom stereocenters. The molecule has 0 aliphatic carbocycles. The van der Waals surface area contributed by atoms with Crippen LogP contribution in [0.1, 0.15) is 47.2 Å². The quantitative estimate of drug-likeness (QED) is 0.315. The lowest BCUT2D eigenvalue weighted by molar-refractivity contribution is 0.555. The van der Waals surface area contributed by atoms with E-state index in [4.69, 9.17) is 10.1 Å². The van der Waals surface area contributed by atoms with Gasteiger partial charge in [-0.05, 0) is 52.7 Å². The van der Waals surface area contributed by atoms with Crippen LogP contribution in [-0.2, 0) is 19.6 Å². The number of hydrogen-bond acceptors (Lipinski definition) is 3. The summed E-state index contributed by atoms with van der Waals surface area (Å²) in [6, 6.07) is 12.5. The Kier molecular flexibility index (Phi) is 7.87. The second-order valence-electron chi connectivity index (χ2n) is 7.92. The molecular formula is C24H35N7. The summed E-state index contributed by atoms with van der Waals surface area (Å²) in [5.41, 5.74) is 6.93. The maximum atomic E-state index is 4.81. The number of nitrogens with zero attached hydrogens (tertiary/aromatic N) is 5. The summed E-state index contributed by atoms with van der Waals surface area (Å²) >= 11 is 0. The molecule has 166 valence electrons. The van der Waals surface area contributed by atoms with Crippen molar-refractivity contribution >= 4 is 5.96 Å². The van der Waals surface area contributed by atoms with Gasteiger partial charge in [0.05, 0.1) is 24.5 Å². The zero-order valence-electron chi connectivity index (χ0n) is 19.4. The van der Waals surface area contributed by atoms with Crippen LogP contribution in [0.25, 0.3) is 0 Å². The smallest absolute Gasteiger partial charge is 0.191 e. The highest BCUT2D eigenvalue weighted by molar-refractivity contribution is 5.79. The van der Waals surface area contributed by atoms with Crippen molar-refractivity contribution in [2.45, 2.75) is 60.7 Å². The molecule has 7 nitrogen and oxygen atoms in total. The van der Waals surface area contributed by atoms with Crippen molar-refractivity contribution in [3.63, 3.8) is 0 Å². The summed E-state index contributed by atoms with van der Waals surface area (Å²) in [6.45, 7) is 14.4. The van der Waals surface area contributed by atoms with Crippen LogP contribution in [0.3, 0.4) is 0 Å². The highest BCUT2D eigenvalue weighted by atomic mass is 15.3. The number of benzene rings is 1. The van der Waals surface area contributed by atoms with E-state index >= 15 is 0 Å². The third-order valence-electron chi connectivity index (χ3n) is 5.39. The Balaban J connectivity index is 1.58. The number of nitrogens with one attached hydrogen (secondary N) is 2. The maximum absolute atomic E-state index is 4.81. The van der Waals surface area contributed by atoms with E-state index in [1.54, 1.807) is 0 Å². The minimum Gasteiger partial charge on any atom is -0.357 e. The van der Waals surface area contributed by atoms with Gasteiger partial charge in [0.15, 0.2) is 5.96 Å². The standard InChI is InChI=1S/C24H35N7/c1-6-25-24(26-13-10-14-30-19(3)15-18(2)28-30)27-16-23-20(4)29-31(21(23)5)17-22-11-8-7-9-12-22/h7-9,11-12,15H,6,10,13-14,16-17H2,1-5H3,(H2,25,26,27). The Morgan fingerprint density at radius 1 is 1.00 bits per heavy atom. The molecule has 0 radical (unpaired) electrons. The van der Waals surface area contributed by atoms with E-state index in [1.807, 2.05) is 13.0 Å². The van der Waals surface area contributed by atoms with Crippen molar-refractivity contribution in [3.8, 4) is 0 Å². The first kappa shape index (κ1) is 22.6. The van der Waals surface area contributed by atoms with Crippen LogP contribution in [-0.4, -0.2) is 38.6 Å². The molecule has 0 aliphatic heterocycles. The fraction of sp³-hybridized carbons (Fsp3) is 0.458. The van der Waals surface area contributed by atoms with Crippen LogP contribution in [0.5, 0.6) is 0 Å². The van der Waals surface area contributed by atoms with E-state index in [9.17, 15) is 0 Å². The van der Waals surface area contributed by atoms with Crippen molar-refractivity contribution < 1.29 is 0 Å². The molecule has 0 spiro atoms. The van der Waals surface area contributed by atoms with Gasteiger partial charge in [0, 0.05) is 36.6 Å². The zero-order chi connectivity index (χ0) is 22.2. The average molecular weight is 422 g/mol. The fourth-order valence-corrected chi connectivity index (χ4v) is 3.71. The molecule has 2 aromatic heterocycles. The molecule has 0 bridgehead atoms. The maximum Gasteiger partial charge on any atom is 0.191 e. The molecule has 31 heavy (non-hydrogen) atoms. The Morgan fingerprint density at radius 2 is 1.77 bits per heavy atom. The summed E-state index contributed by atoms with van der Waals surface area (Å²) in [6.07, 6.45) is 0.986. The lowest BCUT2D eigenvalue weighted by Gasteiger charge is -2.12. The number of aromatic nitrogens is 4. The molecule has 2 heterocycles. The molecule has 0 saturated carbocycles.